The van der Waals surface area contributed by atoms with Crippen molar-refractivity contribution >= 4 is 17.4 Å². The van der Waals surface area contributed by atoms with Crippen LogP contribution in [0, 0.1) is 0 Å². The molecule has 0 aromatic heterocycles. The fraction of sp³-hybridized carbons (Fsp3) is 0.467. The van der Waals surface area contributed by atoms with Crippen molar-refractivity contribution < 1.29 is 14.7 Å². The molecule has 0 saturated carbocycles. The standard InChI is InChI=1S/C15H20N2O3/c1-3-15(20)9-17(10-15)8-14(19)16-13-6-4-5-12(7-13)11(2)18/h4-7,20H,3,8-10H2,1-2H3,(H,16,19). The zero-order valence-corrected chi connectivity index (χ0v) is 11.8. The first-order valence-electron chi connectivity index (χ1n) is 6.77. The van der Waals surface area contributed by atoms with Crippen LogP contribution >= 0.6 is 0 Å². The number of likely N-dealkylation sites (tertiary alicyclic amines) is 1. The Bertz CT molecular complexity index is 522. The first kappa shape index (κ1) is 14.7. The number of aliphatic hydroxyl groups is 1. The van der Waals surface area contributed by atoms with Crippen LogP contribution in [0.2, 0.25) is 0 Å². The highest BCUT2D eigenvalue weighted by Gasteiger charge is 2.39. The zero-order valence-electron chi connectivity index (χ0n) is 11.8. The van der Waals surface area contributed by atoms with Crippen LogP contribution in [0.25, 0.3) is 0 Å². The summed E-state index contributed by atoms with van der Waals surface area (Å²) >= 11 is 0. The van der Waals surface area contributed by atoms with E-state index in [1.807, 2.05) is 11.8 Å². The van der Waals surface area contributed by atoms with E-state index < -0.39 is 5.60 Å². The van der Waals surface area contributed by atoms with Gasteiger partial charge >= 0.3 is 0 Å². The van der Waals surface area contributed by atoms with Crippen molar-refractivity contribution in [2.24, 2.45) is 0 Å². The minimum absolute atomic E-state index is 0.0307. The first-order chi connectivity index (χ1) is 9.42. The van der Waals surface area contributed by atoms with Gasteiger partial charge in [-0.15, -0.1) is 0 Å². The zero-order chi connectivity index (χ0) is 14.8. The Morgan fingerprint density at radius 2 is 2.10 bits per heavy atom. The van der Waals surface area contributed by atoms with Gasteiger partial charge in [-0.3, -0.25) is 14.5 Å². The molecule has 1 aliphatic rings. The number of hydrogen-bond acceptors (Lipinski definition) is 4. The Hall–Kier alpha value is -1.72. The number of benzene rings is 1. The maximum Gasteiger partial charge on any atom is 0.238 e. The van der Waals surface area contributed by atoms with Crippen molar-refractivity contribution in [3.63, 3.8) is 0 Å². The monoisotopic (exact) mass is 276 g/mol. The van der Waals surface area contributed by atoms with E-state index in [-0.39, 0.29) is 18.2 Å². The molecule has 0 bridgehead atoms. The van der Waals surface area contributed by atoms with Crippen molar-refractivity contribution in [2.75, 3.05) is 25.0 Å². The number of nitrogens with one attached hydrogen (secondary N) is 1. The number of β-amino-alcohol motifs (C(OH)–C–C–N with tert-alkyl or cyclic N) is 1. The molecule has 0 radical (unpaired) electrons. The number of hydrogen-bond donors (Lipinski definition) is 2. The number of carbonyl (C=O) groups excluding carboxylic acids is 2. The molecule has 1 aromatic carbocycles. The van der Waals surface area contributed by atoms with Gasteiger partial charge in [0.25, 0.3) is 0 Å². The molecule has 2 rings (SSSR count). The third kappa shape index (κ3) is 3.43. The minimum atomic E-state index is -0.630. The topological polar surface area (TPSA) is 69.6 Å². The summed E-state index contributed by atoms with van der Waals surface area (Å²) in [6, 6.07) is 6.88. The first-order valence-corrected chi connectivity index (χ1v) is 6.77. The normalized spacial score (nSPS) is 17.4. The van der Waals surface area contributed by atoms with E-state index >= 15 is 0 Å². The van der Waals surface area contributed by atoms with E-state index in [1.165, 1.54) is 6.92 Å². The van der Waals surface area contributed by atoms with Gasteiger partial charge in [0, 0.05) is 24.3 Å². The van der Waals surface area contributed by atoms with Crippen molar-refractivity contribution in [1.29, 1.82) is 0 Å². The molecule has 5 heteroatoms. The van der Waals surface area contributed by atoms with Crippen molar-refractivity contribution in [1.82, 2.24) is 4.90 Å². The summed E-state index contributed by atoms with van der Waals surface area (Å²) < 4.78 is 0. The highest BCUT2D eigenvalue weighted by atomic mass is 16.3. The van der Waals surface area contributed by atoms with Gasteiger partial charge in [-0.25, -0.2) is 0 Å². The van der Waals surface area contributed by atoms with Crippen molar-refractivity contribution in [2.45, 2.75) is 25.9 Å². The number of ketones is 1. The molecule has 20 heavy (non-hydrogen) atoms. The molecule has 1 heterocycles. The summed E-state index contributed by atoms with van der Waals surface area (Å²) in [5.74, 6) is -0.166. The molecule has 0 aliphatic carbocycles. The number of carbonyl (C=O) groups is 2. The van der Waals surface area contributed by atoms with Crippen LogP contribution in [-0.4, -0.2) is 46.9 Å². The maximum atomic E-state index is 11.9. The van der Waals surface area contributed by atoms with Gasteiger partial charge in [0.2, 0.25) is 5.91 Å². The lowest BCUT2D eigenvalue weighted by Crippen LogP contribution is -2.62. The molecule has 108 valence electrons. The van der Waals surface area contributed by atoms with Crippen LogP contribution < -0.4 is 5.32 Å². The lowest BCUT2D eigenvalue weighted by molar-refractivity contribution is -0.128. The number of rotatable bonds is 5. The molecule has 5 nitrogen and oxygen atoms in total. The quantitative estimate of drug-likeness (QED) is 0.795. The van der Waals surface area contributed by atoms with Crippen LogP contribution in [0.4, 0.5) is 5.69 Å². The summed E-state index contributed by atoms with van der Waals surface area (Å²) in [6.45, 7) is 4.75. The second-order valence-corrected chi connectivity index (χ2v) is 5.41. The fourth-order valence-corrected chi connectivity index (χ4v) is 2.34. The SMILES string of the molecule is CCC1(O)CN(CC(=O)Nc2cccc(C(C)=O)c2)C1. The smallest absolute Gasteiger partial charge is 0.238 e. The number of nitrogens with zero attached hydrogens (tertiary/aromatic N) is 1. The Morgan fingerprint density at radius 1 is 1.40 bits per heavy atom. The highest BCUT2D eigenvalue weighted by molar-refractivity contribution is 5.97. The Labute approximate surface area is 118 Å². The van der Waals surface area contributed by atoms with Gasteiger partial charge in [0.1, 0.15) is 0 Å². The molecule has 0 unspecified atom stereocenters. The number of anilines is 1. The molecule has 2 N–H and O–H groups in total. The van der Waals surface area contributed by atoms with Crippen LogP contribution in [0.15, 0.2) is 24.3 Å². The Morgan fingerprint density at radius 3 is 2.70 bits per heavy atom. The van der Waals surface area contributed by atoms with Crippen LogP contribution in [-0.2, 0) is 4.79 Å². The maximum absolute atomic E-state index is 11.9. The van der Waals surface area contributed by atoms with Crippen LogP contribution in [0.5, 0.6) is 0 Å². The van der Waals surface area contributed by atoms with Gasteiger partial charge in [-0.2, -0.15) is 0 Å². The summed E-state index contributed by atoms with van der Waals surface area (Å²) in [5.41, 5.74) is 0.565. The molecule has 1 aliphatic heterocycles. The lowest BCUT2D eigenvalue weighted by atomic mass is 9.91. The van der Waals surface area contributed by atoms with E-state index in [9.17, 15) is 14.7 Å². The van der Waals surface area contributed by atoms with Crippen LogP contribution in [0.1, 0.15) is 30.6 Å². The molecule has 1 amide bonds. The molecule has 1 aromatic rings. The summed E-state index contributed by atoms with van der Waals surface area (Å²) in [5, 5.41) is 12.6. The van der Waals surface area contributed by atoms with E-state index in [2.05, 4.69) is 5.32 Å². The van der Waals surface area contributed by atoms with E-state index in [4.69, 9.17) is 0 Å². The second-order valence-electron chi connectivity index (χ2n) is 5.41. The summed E-state index contributed by atoms with van der Waals surface area (Å²) in [7, 11) is 0. The average Bonchev–Trinajstić information content (AvgIpc) is 2.36. The Balaban J connectivity index is 1.86. The number of Topliss-reactive ketones (excluding diaryl/α,β-unsaturated/α-hetero) is 1. The largest absolute Gasteiger partial charge is 0.387 e. The lowest BCUT2D eigenvalue weighted by Gasteiger charge is -2.45. The van der Waals surface area contributed by atoms with Gasteiger partial charge in [-0.1, -0.05) is 19.1 Å². The summed E-state index contributed by atoms with van der Waals surface area (Å²) in [6.07, 6.45) is 0.700. The van der Waals surface area contributed by atoms with E-state index in [1.54, 1.807) is 24.3 Å². The van der Waals surface area contributed by atoms with Crippen LogP contribution in [0.3, 0.4) is 0 Å². The second kappa shape index (κ2) is 5.73. The van der Waals surface area contributed by atoms with Crippen molar-refractivity contribution in [3.8, 4) is 0 Å². The van der Waals surface area contributed by atoms with Gasteiger partial charge in [-0.05, 0) is 25.5 Å². The Kier molecular flexibility index (Phi) is 4.20. The molecule has 0 atom stereocenters. The average molecular weight is 276 g/mol. The predicted octanol–water partition coefficient (Wildman–Crippen LogP) is 1.28. The molecular formula is C15H20N2O3. The van der Waals surface area contributed by atoms with Gasteiger partial charge in [0.05, 0.1) is 12.1 Å². The third-order valence-electron chi connectivity index (χ3n) is 3.61. The summed E-state index contributed by atoms with van der Waals surface area (Å²) in [4.78, 5) is 25.0. The molecule has 1 saturated heterocycles. The number of amides is 1. The van der Waals surface area contributed by atoms with Gasteiger partial charge in [0.15, 0.2) is 5.78 Å². The minimum Gasteiger partial charge on any atom is -0.387 e. The molecule has 1 fully saturated rings. The molecule has 0 spiro atoms. The third-order valence-corrected chi connectivity index (χ3v) is 3.61. The van der Waals surface area contributed by atoms with Crippen molar-refractivity contribution in [3.05, 3.63) is 29.8 Å². The predicted molar refractivity (Wildman–Crippen MR) is 76.8 cm³/mol. The highest BCUT2D eigenvalue weighted by Crippen LogP contribution is 2.23. The van der Waals surface area contributed by atoms with Gasteiger partial charge < -0.3 is 10.4 Å². The fourth-order valence-electron chi connectivity index (χ4n) is 2.34. The van der Waals surface area contributed by atoms with E-state index in [0.717, 1.165) is 0 Å². The van der Waals surface area contributed by atoms with E-state index in [0.29, 0.717) is 30.8 Å². The molecular weight excluding hydrogens is 256 g/mol.